The summed E-state index contributed by atoms with van der Waals surface area (Å²) in [7, 11) is -3.65. The number of benzene rings is 1. The zero-order valence-corrected chi connectivity index (χ0v) is 18.3. The molecule has 30 heavy (non-hydrogen) atoms. The molecule has 4 rings (SSSR count). The highest BCUT2D eigenvalue weighted by Crippen LogP contribution is 2.31. The maximum Gasteiger partial charge on any atom is 0.251 e. The zero-order chi connectivity index (χ0) is 21.3. The van der Waals surface area contributed by atoms with Crippen molar-refractivity contribution < 1.29 is 12.8 Å². The molecule has 10 heteroatoms. The highest BCUT2D eigenvalue weighted by atomic mass is 35.5. The quantitative estimate of drug-likeness (QED) is 0.591. The molecule has 0 aliphatic carbocycles. The fourth-order valence-electron chi connectivity index (χ4n) is 3.33. The Balaban J connectivity index is 1.55. The van der Waals surface area contributed by atoms with E-state index in [-0.39, 0.29) is 15.8 Å². The van der Waals surface area contributed by atoms with Crippen LogP contribution < -0.4 is 4.90 Å². The van der Waals surface area contributed by atoms with Gasteiger partial charge in [0.1, 0.15) is 10.7 Å². The van der Waals surface area contributed by atoms with E-state index in [0.717, 1.165) is 5.56 Å². The fraction of sp³-hybridized carbons (Fsp3) is 0.350. The predicted molar refractivity (Wildman–Crippen MR) is 114 cm³/mol. The fourth-order valence-corrected chi connectivity index (χ4v) is 5.24. The van der Waals surface area contributed by atoms with Gasteiger partial charge in [-0.2, -0.15) is 4.31 Å². The maximum atomic E-state index is 13.0. The van der Waals surface area contributed by atoms with Crippen LogP contribution in [0.4, 0.5) is 5.82 Å². The van der Waals surface area contributed by atoms with Crippen molar-refractivity contribution in [3.8, 4) is 11.5 Å². The van der Waals surface area contributed by atoms with Gasteiger partial charge in [0.05, 0.1) is 10.6 Å². The third-order valence-corrected chi connectivity index (χ3v) is 7.34. The molecule has 0 unspecified atom stereocenters. The molecule has 1 aliphatic rings. The summed E-state index contributed by atoms with van der Waals surface area (Å²) in [6, 6.07) is 10.2. The Morgan fingerprint density at radius 1 is 1.03 bits per heavy atom. The smallest absolute Gasteiger partial charge is 0.251 e. The highest BCUT2D eigenvalue weighted by molar-refractivity contribution is 7.89. The molecule has 1 saturated heterocycles. The molecule has 158 valence electrons. The van der Waals surface area contributed by atoms with Crippen molar-refractivity contribution in [3.05, 3.63) is 53.5 Å². The van der Waals surface area contributed by atoms with Gasteiger partial charge in [0.25, 0.3) is 5.89 Å². The summed E-state index contributed by atoms with van der Waals surface area (Å²) >= 11 is 6.12. The molecule has 3 heterocycles. The van der Waals surface area contributed by atoms with Crippen molar-refractivity contribution in [2.75, 3.05) is 31.1 Å². The number of sulfonamides is 1. The largest absolute Gasteiger partial charge is 0.420 e. The van der Waals surface area contributed by atoms with Crippen LogP contribution in [0.5, 0.6) is 0 Å². The lowest BCUT2D eigenvalue weighted by molar-refractivity contribution is 0.384. The minimum absolute atomic E-state index is 0.130. The molecule has 0 saturated carbocycles. The van der Waals surface area contributed by atoms with E-state index in [4.69, 9.17) is 16.0 Å². The van der Waals surface area contributed by atoms with E-state index in [1.165, 1.54) is 10.4 Å². The van der Waals surface area contributed by atoms with Crippen molar-refractivity contribution in [1.29, 1.82) is 0 Å². The van der Waals surface area contributed by atoms with Crippen molar-refractivity contribution in [2.45, 2.75) is 24.7 Å². The number of piperazine rings is 1. The molecular weight excluding hydrogens is 426 g/mol. The van der Waals surface area contributed by atoms with Crippen molar-refractivity contribution in [1.82, 2.24) is 19.5 Å². The standard InChI is InChI=1S/C20H22ClN5O3S/c1-14(2)19-23-24-20(29-19)15-6-5-9-22-18(15)25-10-12-26(13-11-25)30(27,28)17-8-4-3-7-16(17)21/h3-9,14H,10-13H2,1-2H3. The Morgan fingerprint density at radius 2 is 1.77 bits per heavy atom. The average molecular weight is 448 g/mol. The van der Waals surface area contributed by atoms with Gasteiger partial charge in [-0.25, -0.2) is 13.4 Å². The van der Waals surface area contributed by atoms with Gasteiger partial charge >= 0.3 is 0 Å². The summed E-state index contributed by atoms with van der Waals surface area (Å²) in [5, 5.41) is 8.49. The van der Waals surface area contributed by atoms with E-state index in [2.05, 4.69) is 15.2 Å². The van der Waals surface area contributed by atoms with Crippen molar-refractivity contribution in [3.63, 3.8) is 0 Å². The maximum absolute atomic E-state index is 13.0. The number of nitrogens with zero attached hydrogens (tertiary/aromatic N) is 5. The van der Waals surface area contributed by atoms with E-state index in [9.17, 15) is 8.42 Å². The van der Waals surface area contributed by atoms with Crippen molar-refractivity contribution in [2.24, 2.45) is 0 Å². The summed E-state index contributed by atoms with van der Waals surface area (Å²) in [6.07, 6.45) is 1.70. The second kappa shape index (κ2) is 8.33. The minimum atomic E-state index is -3.65. The first kappa shape index (κ1) is 20.8. The second-order valence-corrected chi connectivity index (χ2v) is 9.61. The average Bonchev–Trinajstić information content (AvgIpc) is 3.25. The topological polar surface area (TPSA) is 92.4 Å². The monoisotopic (exact) mass is 447 g/mol. The van der Waals surface area contributed by atoms with Crippen LogP contribution in [-0.4, -0.2) is 54.1 Å². The van der Waals surface area contributed by atoms with E-state index in [1.807, 2.05) is 30.9 Å². The molecule has 2 aromatic heterocycles. The Bertz CT molecular complexity index is 1140. The van der Waals surface area contributed by atoms with Crippen LogP contribution in [0.15, 0.2) is 51.9 Å². The molecule has 8 nitrogen and oxygen atoms in total. The van der Waals surface area contributed by atoms with E-state index in [0.29, 0.717) is 43.8 Å². The van der Waals surface area contributed by atoms with Crippen LogP contribution in [0, 0.1) is 0 Å². The van der Waals surface area contributed by atoms with Gasteiger partial charge in [-0.1, -0.05) is 37.6 Å². The number of pyridine rings is 1. The predicted octanol–water partition coefficient (Wildman–Crippen LogP) is 3.42. The second-order valence-electron chi connectivity index (χ2n) is 7.30. The van der Waals surface area contributed by atoms with Crippen LogP contribution in [-0.2, 0) is 10.0 Å². The minimum Gasteiger partial charge on any atom is -0.420 e. The van der Waals surface area contributed by atoms with Crippen LogP contribution in [0.3, 0.4) is 0 Å². The SMILES string of the molecule is CC(C)c1nnc(-c2cccnc2N2CCN(S(=O)(=O)c3ccccc3Cl)CC2)o1. The third kappa shape index (κ3) is 3.92. The Hall–Kier alpha value is -2.49. The number of hydrogen-bond acceptors (Lipinski definition) is 7. The van der Waals surface area contributed by atoms with Gasteiger partial charge in [0, 0.05) is 38.3 Å². The molecule has 0 radical (unpaired) electrons. The number of hydrogen-bond donors (Lipinski definition) is 0. The van der Waals surface area contributed by atoms with Crippen LogP contribution in [0.2, 0.25) is 5.02 Å². The molecule has 1 fully saturated rings. The van der Waals surface area contributed by atoms with Gasteiger partial charge < -0.3 is 9.32 Å². The summed E-state index contributed by atoms with van der Waals surface area (Å²) in [6.45, 7) is 5.59. The Labute approximate surface area is 180 Å². The normalized spacial score (nSPS) is 15.7. The van der Waals surface area contributed by atoms with Gasteiger partial charge in [-0.3, -0.25) is 0 Å². The van der Waals surface area contributed by atoms with E-state index < -0.39 is 10.0 Å². The molecule has 1 aromatic carbocycles. The van der Waals surface area contributed by atoms with Crippen molar-refractivity contribution >= 4 is 27.4 Å². The first-order valence-corrected chi connectivity index (χ1v) is 11.5. The van der Waals surface area contributed by atoms with E-state index in [1.54, 1.807) is 24.4 Å². The van der Waals surface area contributed by atoms with Gasteiger partial charge in [0.2, 0.25) is 15.9 Å². The number of rotatable bonds is 5. The Morgan fingerprint density at radius 3 is 2.43 bits per heavy atom. The van der Waals surface area contributed by atoms with Crippen LogP contribution in [0.1, 0.15) is 25.7 Å². The molecule has 0 bridgehead atoms. The lowest BCUT2D eigenvalue weighted by Crippen LogP contribution is -2.49. The highest BCUT2D eigenvalue weighted by Gasteiger charge is 2.31. The van der Waals surface area contributed by atoms with Crippen LogP contribution >= 0.6 is 11.6 Å². The third-order valence-electron chi connectivity index (χ3n) is 4.94. The number of aromatic nitrogens is 3. The molecule has 0 spiro atoms. The van der Waals surface area contributed by atoms with Crippen LogP contribution in [0.25, 0.3) is 11.5 Å². The number of anilines is 1. The summed E-state index contributed by atoms with van der Waals surface area (Å²) in [5.74, 6) is 1.81. The lowest BCUT2D eigenvalue weighted by atomic mass is 10.2. The molecule has 0 atom stereocenters. The van der Waals surface area contributed by atoms with Gasteiger partial charge in [-0.05, 0) is 24.3 Å². The lowest BCUT2D eigenvalue weighted by Gasteiger charge is -2.35. The van der Waals surface area contributed by atoms with Gasteiger partial charge in [0.15, 0.2) is 0 Å². The van der Waals surface area contributed by atoms with Gasteiger partial charge in [-0.15, -0.1) is 10.2 Å². The molecule has 0 N–H and O–H groups in total. The zero-order valence-electron chi connectivity index (χ0n) is 16.7. The number of halogens is 1. The molecule has 3 aromatic rings. The molecule has 1 aliphatic heterocycles. The first-order chi connectivity index (χ1) is 14.4. The Kier molecular flexibility index (Phi) is 5.77. The first-order valence-electron chi connectivity index (χ1n) is 9.66. The summed E-state index contributed by atoms with van der Waals surface area (Å²) in [4.78, 5) is 6.67. The summed E-state index contributed by atoms with van der Waals surface area (Å²) in [5.41, 5.74) is 0.735. The molecular formula is C20H22ClN5O3S. The van der Waals surface area contributed by atoms with E-state index >= 15 is 0 Å². The molecule has 0 amide bonds. The summed E-state index contributed by atoms with van der Waals surface area (Å²) < 4.78 is 33.2.